The molecule has 0 aliphatic carbocycles. The summed E-state index contributed by atoms with van der Waals surface area (Å²) in [4.78, 5) is 27.2. The SMILES string of the molecule is O=C1CC(C(=O)Nc2cccc(Cn3ccnc3)c2)CN1. The summed E-state index contributed by atoms with van der Waals surface area (Å²) in [5.74, 6) is -0.466. The zero-order valence-corrected chi connectivity index (χ0v) is 11.5. The van der Waals surface area contributed by atoms with Gasteiger partial charge in [-0.25, -0.2) is 4.98 Å². The summed E-state index contributed by atoms with van der Waals surface area (Å²) in [6.45, 7) is 1.12. The Hall–Kier alpha value is -2.63. The molecule has 2 aromatic rings. The quantitative estimate of drug-likeness (QED) is 0.879. The van der Waals surface area contributed by atoms with Gasteiger partial charge in [0.15, 0.2) is 0 Å². The Balaban J connectivity index is 1.65. The van der Waals surface area contributed by atoms with E-state index in [0.717, 1.165) is 11.3 Å². The Morgan fingerprint density at radius 3 is 3.10 bits per heavy atom. The lowest BCUT2D eigenvalue weighted by molar-refractivity contribution is -0.123. The fourth-order valence-electron chi connectivity index (χ4n) is 2.37. The van der Waals surface area contributed by atoms with E-state index in [1.807, 2.05) is 35.0 Å². The zero-order valence-electron chi connectivity index (χ0n) is 11.5. The van der Waals surface area contributed by atoms with E-state index in [-0.39, 0.29) is 24.2 Å². The van der Waals surface area contributed by atoms with Crippen molar-refractivity contribution in [3.05, 3.63) is 48.5 Å². The first-order chi connectivity index (χ1) is 10.2. The Morgan fingerprint density at radius 1 is 1.48 bits per heavy atom. The molecule has 6 heteroatoms. The van der Waals surface area contributed by atoms with Crippen LogP contribution >= 0.6 is 0 Å². The van der Waals surface area contributed by atoms with E-state index in [0.29, 0.717) is 13.1 Å². The first kappa shape index (κ1) is 13.4. The van der Waals surface area contributed by atoms with Crippen LogP contribution < -0.4 is 10.6 Å². The Morgan fingerprint density at radius 2 is 2.38 bits per heavy atom. The predicted molar refractivity (Wildman–Crippen MR) is 77.5 cm³/mol. The average Bonchev–Trinajstić information content (AvgIpc) is 3.11. The van der Waals surface area contributed by atoms with Crippen LogP contribution in [0.15, 0.2) is 43.0 Å². The van der Waals surface area contributed by atoms with Gasteiger partial charge in [-0.05, 0) is 17.7 Å². The van der Waals surface area contributed by atoms with Crippen LogP contribution in [-0.2, 0) is 16.1 Å². The molecule has 21 heavy (non-hydrogen) atoms. The lowest BCUT2D eigenvalue weighted by Gasteiger charge is -2.10. The molecule has 3 rings (SSSR count). The second kappa shape index (κ2) is 5.78. The van der Waals surface area contributed by atoms with E-state index < -0.39 is 0 Å². The molecule has 0 spiro atoms. The van der Waals surface area contributed by atoms with Crippen molar-refractivity contribution in [3.8, 4) is 0 Å². The highest BCUT2D eigenvalue weighted by atomic mass is 16.2. The zero-order chi connectivity index (χ0) is 14.7. The summed E-state index contributed by atoms with van der Waals surface area (Å²) in [5, 5.41) is 5.54. The maximum absolute atomic E-state index is 12.1. The van der Waals surface area contributed by atoms with Gasteiger partial charge in [0.05, 0.1) is 12.2 Å². The van der Waals surface area contributed by atoms with E-state index in [1.165, 1.54) is 0 Å². The van der Waals surface area contributed by atoms with Gasteiger partial charge in [-0.2, -0.15) is 0 Å². The second-order valence-electron chi connectivity index (χ2n) is 5.13. The van der Waals surface area contributed by atoms with E-state index in [4.69, 9.17) is 0 Å². The van der Waals surface area contributed by atoms with Gasteiger partial charge in [-0.15, -0.1) is 0 Å². The number of hydrogen-bond acceptors (Lipinski definition) is 3. The van der Waals surface area contributed by atoms with Gasteiger partial charge in [0.2, 0.25) is 11.8 Å². The lowest BCUT2D eigenvalue weighted by atomic mass is 10.1. The molecule has 1 saturated heterocycles. The monoisotopic (exact) mass is 284 g/mol. The normalized spacial score (nSPS) is 17.5. The van der Waals surface area contributed by atoms with Crippen molar-refractivity contribution in [3.63, 3.8) is 0 Å². The molecule has 1 aromatic heterocycles. The highest BCUT2D eigenvalue weighted by Crippen LogP contribution is 2.16. The Bertz CT molecular complexity index is 651. The number of anilines is 1. The van der Waals surface area contributed by atoms with Crippen molar-refractivity contribution in [1.82, 2.24) is 14.9 Å². The van der Waals surface area contributed by atoms with Crippen LogP contribution in [-0.4, -0.2) is 27.9 Å². The number of amides is 2. The largest absolute Gasteiger partial charge is 0.355 e. The molecule has 6 nitrogen and oxygen atoms in total. The maximum atomic E-state index is 12.1. The number of nitrogens with zero attached hydrogens (tertiary/aromatic N) is 2. The van der Waals surface area contributed by atoms with E-state index in [9.17, 15) is 9.59 Å². The molecule has 1 atom stereocenters. The molecule has 2 heterocycles. The average molecular weight is 284 g/mol. The molecule has 1 fully saturated rings. The number of rotatable bonds is 4. The lowest BCUT2D eigenvalue weighted by Crippen LogP contribution is -2.24. The number of imidazole rings is 1. The standard InChI is InChI=1S/C15H16N4O2/c20-14-7-12(8-17-14)15(21)18-13-3-1-2-11(6-13)9-19-5-4-16-10-19/h1-6,10,12H,7-9H2,(H,17,20)(H,18,21). The van der Waals surface area contributed by atoms with Crippen LogP contribution in [0.25, 0.3) is 0 Å². The third kappa shape index (κ3) is 3.28. The van der Waals surface area contributed by atoms with Crippen LogP contribution in [0.2, 0.25) is 0 Å². The van der Waals surface area contributed by atoms with E-state index in [1.54, 1.807) is 12.5 Å². The van der Waals surface area contributed by atoms with E-state index in [2.05, 4.69) is 15.6 Å². The van der Waals surface area contributed by atoms with Crippen LogP contribution in [0.5, 0.6) is 0 Å². The molecule has 0 radical (unpaired) electrons. The summed E-state index contributed by atoms with van der Waals surface area (Å²) in [6.07, 6.45) is 5.64. The third-order valence-corrected chi connectivity index (χ3v) is 3.47. The molecule has 0 saturated carbocycles. The summed E-state index contributed by atoms with van der Waals surface area (Å²) >= 11 is 0. The van der Waals surface area contributed by atoms with Crippen molar-refractivity contribution < 1.29 is 9.59 Å². The van der Waals surface area contributed by atoms with E-state index >= 15 is 0 Å². The van der Waals surface area contributed by atoms with Gasteiger partial charge in [0.1, 0.15) is 0 Å². The number of hydrogen-bond donors (Lipinski definition) is 2. The van der Waals surface area contributed by atoms with Crippen LogP contribution in [0.4, 0.5) is 5.69 Å². The minimum atomic E-state index is -0.283. The first-order valence-corrected chi connectivity index (χ1v) is 6.83. The number of carbonyl (C=O) groups excluding carboxylic acids is 2. The van der Waals surface area contributed by atoms with Gasteiger partial charge in [-0.1, -0.05) is 12.1 Å². The molecule has 2 amide bonds. The van der Waals surface area contributed by atoms with Crippen molar-refractivity contribution in [2.45, 2.75) is 13.0 Å². The molecular formula is C15H16N4O2. The van der Waals surface area contributed by atoms with Crippen molar-refractivity contribution in [2.24, 2.45) is 5.92 Å². The fourth-order valence-corrected chi connectivity index (χ4v) is 2.37. The molecule has 0 bridgehead atoms. The van der Waals surface area contributed by atoms with Gasteiger partial charge >= 0.3 is 0 Å². The summed E-state index contributed by atoms with van der Waals surface area (Å²) in [7, 11) is 0. The third-order valence-electron chi connectivity index (χ3n) is 3.47. The van der Waals surface area contributed by atoms with Crippen LogP contribution in [0.3, 0.4) is 0 Å². The van der Waals surface area contributed by atoms with Crippen molar-refractivity contribution in [1.29, 1.82) is 0 Å². The van der Waals surface area contributed by atoms with Gasteiger partial charge in [0.25, 0.3) is 0 Å². The molecule has 1 aliphatic rings. The van der Waals surface area contributed by atoms with Crippen molar-refractivity contribution >= 4 is 17.5 Å². The molecule has 1 aliphatic heterocycles. The Labute approximate surface area is 122 Å². The smallest absolute Gasteiger partial charge is 0.229 e. The van der Waals surface area contributed by atoms with Crippen LogP contribution in [0.1, 0.15) is 12.0 Å². The van der Waals surface area contributed by atoms with Gasteiger partial charge in [0, 0.05) is 37.6 Å². The van der Waals surface area contributed by atoms with Gasteiger partial charge in [-0.3, -0.25) is 9.59 Å². The molecular weight excluding hydrogens is 268 g/mol. The first-order valence-electron chi connectivity index (χ1n) is 6.83. The Kier molecular flexibility index (Phi) is 3.68. The minimum Gasteiger partial charge on any atom is -0.355 e. The number of carbonyl (C=O) groups is 2. The summed E-state index contributed by atoms with van der Waals surface area (Å²) in [6, 6.07) is 7.68. The highest BCUT2D eigenvalue weighted by Gasteiger charge is 2.27. The van der Waals surface area contributed by atoms with Crippen molar-refractivity contribution in [2.75, 3.05) is 11.9 Å². The molecule has 2 N–H and O–H groups in total. The number of nitrogens with one attached hydrogen (secondary N) is 2. The highest BCUT2D eigenvalue weighted by molar-refractivity contribution is 5.97. The molecule has 1 aromatic carbocycles. The predicted octanol–water partition coefficient (Wildman–Crippen LogP) is 1.01. The fraction of sp³-hybridized carbons (Fsp3) is 0.267. The maximum Gasteiger partial charge on any atom is 0.229 e. The second-order valence-corrected chi connectivity index (χ2v) is 5.13. The summed E-state index contributed by atoms with van der Waals surface area (Å²) in [5.41, 5.74) is 1.82. The number of benzene rings is 1. The van der Waals surface area contributed by atoms with Gasteiger partial charge < -0.3 is 15.2 Å². The van der Waals surface area contributed by atoms with Crippen LogP contribution in [0, 0.1) is 5.92 Å². The number of aromatic nitrogens is 2. The molecule has 108 valence electrons. The topological polar surface area (TPSA) is 76.0 Å². The summed E-state index contributed by atoms with van der Waals surface area (Å²) < 4.78 is 1.96. The minimum absolute atomic E-state index is 0.0657. The molecule has 1 unspecified atom stereocenters.